The van der Waals surface area contributed by atoms with Gasteiger partial charge in [0.25, 0.3) is 0 Å². The van der Waals surface area contributed by atoms with E-state index < -0.39 is 0 Å². The zero-order valence-corrected chi connectivity index (χ0v) is 12.5. The van der Waals surface area contributed by atoms with Gasteiger partial charge in [0, 0.05) is 17.3 Å². The molecule has 0 spiro atoms. The van der Waals surface area contributed by atoms with Gasteiger partial charge in [-0.2, -0.15) is 0 Å². The van der Waals surface area contributed by atoms with Crippen LogP contribution in [-0.4, -0.2) is 16.6 Å². The highest BCUT2D eigenvalue weighted by atomic mass is 16.1. The molecule has 0 saturated heterocycles. The number of ketones is 2. The van der Waals surface area contributed by atoms with E-state index in [4.69, 9.17) is 0 Å². The fraction of sp³-hybridized carbons (Fsp3) is 0.0500. The van der Waals surface area contributed by atoms with Crippen LogP contribution in [0.5, 0.6) is 0 Å². The Morgan fingerprint density at radius 2 is 1.30 bits per heavy atom. The largest absolute Gasteiger partial charge is 0.288 e. The average Bonchev–Trinajstić information content (AvgIpc) is 2.59. The van der Waals surface area contributed by atoms with Gasteiger partial charge in [0.1, 0.15) is 5.69 Å². The molecule has 3 heteroatoms. The van der Waals surface area contributed by atoms with Crippen LogP contribution in [0, 0.1) is 6.92 Å². The van der Waals surface area contributed by atoms with Crippen LogP contribution in [0.2, 0.25) is 0 Å². The van der Waals surface area contributed by atoms with Crippen molar-refractivity contribution >= 4 is 11.6 Å². The van der Waals surface area contributed by atoms with Crippen molar-refractivity contribution in [1.29, 1.82) is 0 Å². The van der Waals surface area contributed by atoms with Crippen molar-refractivity contribution in [2.24, 2.45) is 0 Å². The Morgan fingerprint density at radius 3 is 2.00 bits per heavy atom. The fourth-order valence-corrected chi connectivity index (χ4v) is 3.10. The lowest BCUT2D eigenvalue weighted by atomic mass is 9.83. The summed E-state index contributed by atoms with van der Waals surface area (Å²) < 4.78 is 0. The second kappa shape index (κ2) is 4.99. The van der Waals surface area contributed by atoms with Crippen LogP contribution in [0.4, 0.5) is 0 Å². The summed E-state index contributed by atoms with van der Waals surface area (Å²) in [4.78, 5) is 29.9. The third-order valence-corrected chi connectivity index (χ3v) is 4.24. The van der Waals surface area contributed by atoms with E-state index in [1.807, 2.05) is 31.2 Å². The summed E-state index contributed by atoms with van der Waals surface area (Å²) in [6.45, 7) is 1.99. The third kappa shape index (κ3) is 1.94. The van der Waals surface area contributed by atoms with Crippen molar-refractivity contribution in [1.82, 2.24) is 4.98 Å². The van der Waals surface area contributed by atoms with Gasteiger partial charge in [-0.1, -0.05) is 48.5 Å². The highest BCUT2D eigenvalue weighted by Crippen LogP contribution is 2.34. The molecule has 0 saturated carbocycles. The number of pyridine rings is 1. The molecular formula is C20H13NO2. The zero-order valence-electron chi connectivity index (χ0n) is 12.5. The molecule has 1 heterocycles. The lowest BCUT2D eigenvalue weighted by Crippen LogP contribution is -2.23. The standard InChI is InChI=1S/C20H13NO2/c1-12-6-2-3-7-13(12)14-10-11-21-18-17(14)19(22)15-8-4-5-9-16(15)20(18)23/h2-11H,1H3. The predicted molar refractivity (Wildman–Crippen MR) is 87.7 cm³/mol. The van der Waals surface area contributed by atoms with Crippen molar-refractivity contribution in [3.8, 4) is 11.1 Å². The zero-order chi connectivity index (χ0) is 16.0. The Kier molecular flexibility index (Phi) is 2.95. The number of benzene rings is 2. The minimum absolute atomic E-state index is 0.137. The van der Waals surface area contributed by atoms with E-state index in [0.717, 1.165) is 16.7 Å². The van der Waals surface area contributed by atoms with Crippen LogP contribution in [0.3, 0.4) is 0 Å². The number of fused-ring (bicyclic) bond motifs is 2. The van der Waals surface area contributed by atoms with E-state index >= 15 is 0 Å². The quantitative estimate of drug-likeness (QED) is 0.536. The second-order valence-electron chi connectivity index (χ2n) is 5.60. The third-order valence-electron chi connectivity index (χ3n) is 4.24. The highest BCUT2D eigenvalue weighted by molar-refractivity contribution is 6.29. The second-order valence-corrected chi connectivity index (χ2v) is 5.60. The topological polar surface area (TPSA) is 47.0 Å². The lowest BCUT2D eigenvalue weighted by Gasteiger charge is -2.19. The van der Waals surface area contributed by atoms with E-state index in [9.17, 15) is 9.59 Å². The van der Waals surface area contributed by atoms with Gasteiger partial charge in [-0.05, 0) is 29.7 Å². The number of hydrogen-bond acceptors (Lipinski definition) is 3. The van der Waals surface area contributed by atoms with E-state index in [0.29, 0.717) is 16.7 Å². The maximum atomic E-state index is 13.0. The summed E-state index contributed by atoms with van der Waals surface area (Å²) in [6, 6.07) is 16.6. The minimum Gasteiger partial charge on any atom is -0.288 e. The fourth-order valence-electron chi connectivity index (χ4n) is 3.10. The maximum Gasteiger partial charge on any atom is 0.212 e. The number of hydrogen-bond donors (Lipinski definition) is 0. The predicted octanol–water partition coefficient (Wildman–Crippen LogP) is 3.83. The molecule has 1 aromatic heterocycles. The van der Waals surface area contributed by atoms with Crippen molar-refractivity contribution in [3.63, 3.8) is 0 Å². The van der Waals surface area contributed by atoms with Crippen LogP contribution >= 0.6 is 0 Å². The molecule has 1 aliphatic carbocycles. The Labute approximate surface area is 133 Å². The smallest absolute Gasteiger partial charge is 0.212 e. The van der Waals surface area contributed by atoms with Gasteiger partial charge in [-0.25, -0.2) is 0 Å². The molecule has 0 N–H and O–H groups in total. The Hall–Kier alpha value is -3.07. The van der Waals surface area contributed by atoms with Gasteiger partial charge in [-0.3, -0.25) is 14.6 Å². The maximum absolute atomic E-state index is 13.0. The number of carbonyl (C=O) groups excluding carboxylic acids is 2. The average molecular weight is 299 g/mol. The van der Waals surface area contributed by atoms with Crippen LogP contribution in [0.15, 0.2) is 60.8 Å². The van der Waals surface area contributed by atoms with Gasteiger partial charge < -0.3 is 0 Å². The summed E-state index contributed by atoms with van der Waals surface area (Å²) in [7, 11) is 0. The number of aryl methyl sites for hydroxylation is 1. The van der Waals surface area contributed by atoms with Crippen LogP contribution in [0.1, 0.15) is 37.5 Å². The van der Waals surface area contributed by atoms with Gasteiger partial charge in [0.05, 0.1) is 5.56 Å². The first kappa shape index (κ1) is 13.6. The molecule has 110 valence electrons. The van der Waals surface area contributed by atoms with Gasteiger partial charge >= 0.3 is 0 Å². The lowest BCUT2D eigenvalue weighted by molar-refractivity contribution is 0.0976. The first-order chi connectivity index (χ1) is 11.2. The molecule has 0 bridgehead atoms. The summed E-state index contributed by atoms with van der Waals surface area (Å²) in [5.41, 5.74) is 4.31. The minimum atomic E-state index is -0.189. The summed E-state index contributed by atoms with van der Waals surface area (Å²) in [5.74, 6) is -0.327. The van der Waals surface area contributed by atoms with Crippen molar-refractivity contribution in [3.05, 3.63) is 88.7 Å². The van der Waals surface area contributed by atoms with E-state index in [2.05, 4.69) is 4.98 Å². The monoisotopic (exact) mass is 299 g/mol. The molecule has 3 aromatic rings. The number of nitrogens with zero attached hydrogens (tertiary/aromatic N) is 1. The molecule has 23 heavy (non-hydrogen) atoms. The number of carbonyl (C=O) groups is 2. The highest BCUT2D eigenvalue weighted by Gasteiger charge is 2.32. The molecule has 0 unspecified atom stereocenters. The summed E-state index contributed by atoms with van der Waals surface area (Å²) >= 11 is 0. The molecule has 0 aliphatic heterocycles. The summed E-state index contributed by atoms with van der Waals surface area (Å²) in [5, 5.41) is 0. The van der Waals surface area contributed by atoms with E-state index in [-0.39, 0.29) is 17.3 Å². The molecule has 0 atom stereocenters. The Morgan fingerprint density at radius 1 is 0.696 bits per heavy atom. The summed E-state index contributed by atoms with van der Waals surface area (Å²) in [6.07, 6.45) is 1.60. The number of rotatable bonds is 1. The molecule has 0 fully saturated rings. The molecule has 2 aromatic carbocycles. The molecule has 0 amide bonds. The number of aromatic nitrogens is 1. The van der Waals surface area contributed by atoms with Crippen molar-refractivity contribution in [2.45, 2.75) is 6.92 Å². The molecule has 4 rings (SSSR count). The first-order valence-electron chi connectivity index (χ1n) is 7.42. The van der Waals surface area contributed by atoms with E-state index in [1.54, 1.807) is 36.5 Å². The Balaban J connectivity index is 2.03. The molecular weight excluding hydrogens is 286 g/mol. The van der Waals surface area contributed by atoms with Crippen molar-refractivity contribution < 1.29 is 9.59 Å². The van der Waals surface area contributed by atoms with Gasteiger partial charge in [0.15, 0.2) is 5.78 Å². The first-order valence-corrected chi connectivity index (χ1v) is 7.42. The van der Waals surface area contributed by atoms with E-state index in [1.165, 1.54) is 0 Å². The molecule has 3 nitrogen and oxygen atoms in total. The Bertz CT molecular complexity index is 973. The molecule has 0 radical (unpaired) electrons. The van der Waals surface area contributed by atoms with Crippen LogP contribution in [0.25, 0.3) is 11.1 Å². The molecule has 1 aliphatic rings. The van der Waals surface area contributed by atoms with Crippen LogP contribution in [-0.2, 0) is 0 Å². The normalized spacial score (nSPS) is 12.7. The van der Waals surface area contributed by atoms with Crippen molar-refractivity contribution in [2.75, 3.05) is 0 Å². The van der Waals surface area contributed by atoms with Gasteiger partial charge in [-0.15, -0.1) is 0 Å². The SMILES string of the molecule is Cc1ccccc1-c1ccnc2c1C(=O)c1ccccc1C2=O. The van der Waals surface area contributed by atoms with Crippen LogP contribution < -0.4 is 0 Å². The van der Waals surface area contributed by atoms with Gasteiger partial charge in [0.2, 0.25) is 5.78 Å².